The minimum atomic E-state index is -0.733. The summed E-state index contributed by atoms with van der Waals surface area (Å²) >= 11 is 0. The van der Waals surface area contributed by atoms with Crippen LogP contribution in [-0.4, -0.2) is 16.8 Å². The summed E-state index contributed by atoms with van der Waals surface area (Å²) in [5, 5.41) is 5.75. The molecule has 2 amide bonds. The molecule has 2 N–H and O–H groups in total. The fourth-order valence-electron chi connectivity index (χ4n) is 3.39. The van der Waals surface area contributed by atoms with Gasteiger partial charge in [-0.1, -0.05) is 23.8 Å². The Morgan fingerprint density at radius 2 is 1.62 bits per heavy atom. The second kappa shape index (κ2) is 8.55. The molecular formula is C25H19F2N3O2. The Morgan fingerprint density at radius 3 is 2.34 bits per heavy atom. The van der Waals surface area contributed by atoms with Gasteiger partial charge in [-0.05, 0) is 49.4 Å². The molecule has 0 aliphatic rings. The number of hydrogen-bond donors (Lipinski definition) is 2. The highest BCUT2D eigenvalue weighted by molar-refractivity contribution is 6.13. The number of pyridine rings is 1. The Kier molecular flexibility index (Phi) is 5.64. The zero-order valence-electron chi connectivity index (χ0n) is 17.4. The molecule has 5 nitrogen and oxygen atoms in total. The third kappa shape index (κ3) is 4.46. The van der Waals surface area contributed by atoms with Gasteiger partial charge in [0.25, 0.3) is 5.91 Å². The van der Waals surface area contributed by atoms with Crippen molar-refractivity contribution >= 4 is 34.1 Å². The first kappa shape index (κ1) is 21.1. The van der Waals surface area contributed by atoms with E-state index >= 15 is 0 Å². The Balaban J connectivity index is 1.78. The first-order valence-electron chi connectivity index (χ1n) is 9.86. The van der Waals surface area contributed by atoms with Gasteiger partial charge in [-0.15, -0.1) is 0 Å². The van der Waals surface area contributed by atoms with E-state index in [1.165, 1.54) is 6.92 Å². The van der Waals surface area contributed by atoms with Crippen LogP contribution < -0.4 is 10.6 Å². The lowest BCUT2D eigenvalue weighted by atomic mass is 10.0. The lowest BCUT2D eigenvalue weighted by Gasteiger charge is -2.12. The molecule has 0 atom stereocenters. The van der Waals surface area contributed by atoms with Crippen LogP contribution in [-0.2, 0) is 4.79 Å². The van der Waals surface area contributed by atoms with Crippen molar-refractivity contribution < 1.29 is 18.4 Å². The molecule has 0 fully saturated rings. The fourth-order valence-corrected chi connectivity index (χ4v) is 3.39. The Morgan fingerprint density at radius 1 is 0.875 bits per heavy atom. The number of aromatic nitrogens is 1. The zero-order valence-corrected chi connectivity index (χ0v) is 17.4. The van der Waals surface area contributed by atoms with E-state index in [4.69, 9.17) is 0 Å². The highest BCUT2D eigenvalue weighted by Crippen LogP contribution is 2.28. The number of hydrogen-bond acceptors (Lipinski definition) is 3. The van der Waals surface area contributed by atoms with E-state index in [-0.39, 0.29) is 17.2 Å². The first-order valence-corrected chi connectivity index (χ1v) is 9.86. The first-order chi connectivity index (χ1) is 15.3. The maximum absolute atomic E-state index is 14.1. The van der Waals surface area contributed by atoms with Gasteiger partial charge in [-0.2, -0.15) is 0 Å². The molecule has 32 heavy (non-hydrogen) atoms. The highest BCUT2D eigenvalue weighted by atomic mass is 19.1. The zero-order chi connectivity index (χ0) is 22.8. The molecule has 0 saturated carbocycles. The number of aryl methyl sites for hydroxylation is 1. The predicted molar refractivity (Wildman–Crippen MR) is 121 cm³/mol. The van der Waals surface area contributed by atoms with Crippen molar-refractivity contribution in [3.63, 3.8) is 0 Å². The largest absolute Gasteiger partial charge is 0.326 e. The topological polar surface area (TPSA) is 71.1 Å². The quantitative estimate of drug-likeness (QED) is 0.436. The van der Waals surface area contributed by atoms with Gasteiger partial charge in [0, 0.05) is 29.6 Å². The standard InChI is InChI=1S/C25H19F2N3O2/c1-14-3-10-22-19(11-14)20(25(32)30-24-12-17(26)6-9-21(24)27)13-23(29-22)16-4-7-18(8-5-16)28-15(2)31/h3-13H,1-2H3,(H,28,31)(H,30,32). The number of carbonyl (C=O) groups is 2. The van der Waals surface area contributed by atoms with Crippen molar-refractivity contribution in [2.45, 2.75) is 13.8 Å². The van der Waals surface area contributed by atoms with Gasteiger partial charge in [0.2, 0.25) is 5.91 Å². The normalized spacial score (nSPS) is 10.8. The number of amides is 2. The molecule has 0 saturated heterocycles. The Labute approximate surface area is 183 Å². The average Bonchev–Trinajstić information content (AvgIpc) is 2.75. The van der Waals surface area contributed by atoms with Crippen molar-refractivity contribution in [2.75, 3.05) is 10.6 Å². The van der Waals surface area contributed by atoms with Crippen LogP contribution in [0.3, 0.4) is 0 Å². The molecule has 0 aliphatic heterocycles. The lowest BCUT2D eigenvalue weighted by Crippen LogP contribution is -2.14. The van der Waals surface area contributed by atoms with Gasteiger partial charge in [0.05, 0.1) is 22.5 Å². The number of anilines is 2. The van der Waals surface area contributed by atoms with Crippen LogP contribution in [0.1, 0.15) is 22.8 Å². The molecule has 4 aromatic rings. The van der Waals surface area contributed by atoms with Gasteiger partial charge in [0.1, 0.15) is 11.6 Å². The van der Waals surface area contributed by atoms with E-state index in [0.717, 1.165) is 29.3 Å². The summed E-state index contributed by atoms with van der Waals surface area (Å²) in [6.07, 6.45) is 0. The molecule has 0 bridgehead atoms. The van der Waals surface area contributed by atoms with E-state index < -0.39 is 17.5 Å². The number of rotatable bonds is 4. The summed E-state index contributed by atoms with van der Waals surface area (Å²) in [5.74, 6) is -2.15. The highest BCUT2D eigenvalue weighted by Gasteiger charge is 2.16. The second-order valence-electron chi connectivity index (χ2n) is 7.41. The number of fused-ring (bicyclic) bond motifs is 1. The number of nitrogens with one attached hydrogen (secondary N) is 2. The van der Waals surface area contributed by atoms with Crippen LogP contribution in [0.5, 0.6) is 0 Å². The summed E-state index contributed by atoms with van der Waals surface area (Å²) < 4.78 is 27.6. The minimum Gasteiger partial charge on any atom is -0.326 e. The molecule has 1 aromatic heterocycles. The molecule has 0 aliphatic carbocycles. The van der Waals surface area contributed by atoms with Crippen LogP contribution in [0.15, 0.2) is 66.7 Å². The Hall–Kier alpha value is -4.13. The molecule has 160 valence electrons. The Bertz CT molecular complexity index is 1350. The molecule has 0 unspecified atom stereocenters. The summed E-state index contributed by atoms with van der Waals surface area (Å²) in [4.78, 5) is 29.0. The summed E-state index contributed by atoms with van der Waals surface area (Å²) in [7, 11) is 0. The molecular weight excluding hydrogens is 412 g/mol. The maximum atomic E-state index is 14.1. The van der Waals surface area contributed by atoms with Crippen LogP contribution in [0.2, 0.25) is 0 Å². The van der Waals surface area contributed by atoms with Crippen molar-refractivity contribution in [3.8, 4) is 11.3 Å². The van der Waals surface area contributed by atoms with Gasteiger partial charge < -0.3 is 10.6 Å². The lowest BCUT2D eigenvalue weighted by molar-refractivity contribution is -0.114. The monoisotopic (exact) mass is 431 g/mol. The van der Waals surface area contributed by atoms with Crippen LogP contribution in [0.25, 0.3) is 22.2 Å². The molecule has 3 aromatic carbocycles. The van der Waals surface area contributed by atoms with E-state index in [1.54, 1.807) is 36.4 Å². The maximum Gasteiger partial charge on any atom is 0.256 e. The summed E-state index contributed by atoms with van der Waals surface area (Å²) in [5.41, 5.74) is 3.45. The van der Waals surface area contributed by atoms with E-state index in [1.807, 2.05) is 19.1 Å². The fraction of sp³-hybridized carbons (Fsp3) is 0.0800. The van der Waals surface area contributed by atoms with Crippen molar-refractivity contribution in [1.29, 1.82) is 0 Å². The molecule has 4 rings (SSSR count). The number of carbonyl (C=O) groups excluding carboxylic acids is 2. The number of benzene rings is 3. The second-order valence-corrected chi connectivity index (χ2v) is 7.41. The molecule has 0 spiro atoms. The third-order valence-electron chi connectivity index (χ3n) is 4.89. The average molecular weight is 431 g/mol. The van der Waals surface area contributed by atoms with E-state index in [9.17, 15) is 18.4 Å². The van der Waals surface area contributed by atoms with Crippen LogP contribution in [0.4, 0.5) is 20.2 Å². The predicted octanol–water partition coefficient (Wildman–Crippen LogP) is 5.70. The van der Waals surface area contributed by atoms with Crippen molar-refractivity contribution in [2.24, 2.45) is 0 Å². The summed E-state index contributed by atoms with van der Waals surface area (Å²) in [6.45, 7) is 3.31. The number of halogens is 2. The van der Waals surface area contributed by atoms with E-state index in [0.29, 0.717) is 22.3 Å². The molecule has 1 heterocycles. The van der Waals surface area contributed by atoms with E-state index in [2.05, 4.69) is 15.6 Å². The van der Waals surface area contributed by atoms with Gasteiger partial charge in [0.15, 0.2) is 0 Å². The SMILES string of the molecule is CC(=O)Nc1ccc(-c2cc(C(=O)Nc3cc(F)ccc3F)c3cc(C)ccc3n2)cc1. The molecule has 0 radical (unpaired) electrons. The summed E-state index contributed by atoms with van der Waals surface area (Å²) in [6, 6.07) is 17.0. The van der Waals surface area contributed by atoms with Crippen molar-refractivity contribution in [1.82, 2.24) is 4.98 Å². The smallest absolute Gasteiger partial charge is 0.256 e. The molecule has 7 heteroatoms. The number of nitrogens with zero attached hydrogens (tertiary/aromatic N) is 1. The minimum absolute atomic E-state index is 0.180. The van der Waals surface area contributed by atoms with Gasteiger partial charge >= 0.3 is 0 Å². The van der Waals surface area contributed by atoms with Gasteiger partial charge in [-0.3, -0.25) is 9.59 Å². The van der Waals surface area contributed by atoms with Crippen LogP contribution >= 0.6 is 0 Å². The van der Waals surface area contributed by atoms with Crippen LogP contribution in [0, 0.1) is 18.6 Å². The van der Waals surface area contributed by atoms with Gasteiger partial charge in [-0.25, -0.2) is 13.8 Å². The van der Waals surface area contributed by atoms with Crippen molar-refractivity contribution in [3.05, 3.63) is 89.5 Å². The third-order valence-corrected chi connectivity index (χ3v) is 4.89.